The fraction of sp³-hybridized carbons (Fsp3) is 0.692. The number of thiophene rings is 1. The Morgan fingerprint density at radius 2 is 2.06 bits per heavy atom. The zero-order valence-electron chi connectivity index (χ0n) is 10.5. The van der Waals surface area contributed by atoms with Crippen molar-refractivity contribution in [3.05, 3.63) is 22.4 Å². The molecule has 0 aromatic carbocycles. The summed E-state index contributed by atoms with van der Waals surface area (Å²) < 4.78 is 0. The second kappa shape index (κ2) is 6.38. The van der Waals surface area contributed by atoms with Crippen LogP contribution in [0, 0.1) is 0 Å². The third kappa shape index (κ3) is 3.58. The van der Waals surface area contributed by atoms with Crippen LogP contribution in [0.5, 0.6) is 0 Å². The summed E-state index contributed by atoms with van der Waals surface area (Å²) in [5.74, 6) is 0. The Bertz CT molecular complexity index is 280. The lowest BCUT2D eigenvalue weighted by molar-refractivity contribution is 0.0298. The molecule has 1 aromatic heterocycles. The van der Waals surface area contributed by atoms with Gasteiger partial charge in [0, 0.05) is 17.5 Å². The number of hydrogen-bond acceptors (Lipinski definition) is 3. The van der Waals surface area contributed by atoms with Gasteiger partial charge in [0.25, 0.3) is 0 Å². The van der Waals surface area contributed by atoms with Crippen LogP contribution >= 0.6 is 11.3 Å². The molecular weight excluding hydrogens is 218 g/mol. The summed E-state index contributed by atoms with van der Waals surface area (Å²) in [7, 11) is 0. The normalized spacial score (nSPS) is 14.0. The van der Waals surface area contributed by atoms with Gasteiger partial charge in [-0.25, -0.2) is 0 Å². The highest BCUT2D eigenvalue weighted by molar-refractivity contribution is 7.10. The van der Waals surface area contributed by atoms with Crippen molar-refractivity contribution in [1.82, 2.24) is 5.32 Å². The first kappa shape index (κ1) is 13.7. The maximum absolute atomic E-state index is 10.2. The molecule has 0 aliphatic heterocycles. The molecule has 3 heteroatoms. The van der Waals surface area contributed by atoms with E-state index in [1.807, 2.05) is 13.8 Å². The Hall–Kier alpha value is -0.380. The topological polar surface area (TPSA) is 32.3 Å². The minimum Gasteiger partial charge on any atom is -0.389 e. The molecule has 0 aliphatic rings. The van der Waals surface area contributed by atoms with Crippen LogP contribution in [0.3, 0.4) is 0 Å². The summed E-state index contributed by atoms with van der Waals surface area (Å²) in [6, 6.07) is 4.61. The summed E-state index contributed by atoms with van der Waals surface area (Å²) in [5, 5.41) is 15.8. The molecule has 1 atom stereocenters. The van der Waals surface area contributed by atoms with Gasteiger partial charge in [0.05, 0.1) is 5.60 Å². The molecule has 0 spiro atoms. The summed E-state index contributed by atoms with van der Waals surface area (Å²) in [4.78, 5) is 1.36. The van der Waals surface area contributed by atoms with Gasteiger partial charge in [0.1, 0.15) is 0 Å². The van der Waals surface area contributed by atoms with Crippen LogP contribution in [-0.4, -0.2) is 17.3 Å². The molecule has 92 valence electrons. The molecule has 0 radical (unpaired) electrons. The summed E-state index contributed by atoms with van der Waals surface area (Å²) in [5.41, 5.74) is -0.551. The third-order valence-electron chi connectivity index (χ3n) is 3.29. The lowest BCUT2D eigenvalue weighted by Crippen LogP contribution is -2.40. The van der Waals surface area contributed by atoms with Crippen molar-refractivity contribution < 1.29 is 5.11 Å². The number of rotatable bonds is 7. The van der Waals surface area contributed by atoms with Crippen molar-refractivity contribution in [2.75, 3.05) is 6.54 Å². The van der Waals surface area contributed by atoms with Gasteiger partial charge in [-0.05, 0) is 30.7 Å². The number of nitrogens with one attached hydrogen (secondary N) is 1. The second-order valence-electron chi connectivity index (χ2n) is 4.29. The van der Waals surface area contributed by atoms with Crippen molar-refractivity contribution in [2.24, 2.45) is 0 Å². The van der Waals surface area contributed by atoms with E-state index >= 15 is 0 Å². The molecule has 1 rings (SSSR count). The van der Waals surface area contributed by atoms with Crippen molar-refractivity contribution in [3.8, 4) is 0 Å². The zero-order chi connectivity index (χ0) is 12.0. The monoisotopic (exact) mass is 241 g/mol. The van der Waals surface area contributed by atoms with E-state index in [1.54, 1.807) is 11.3 Å². The Labute approximate surface area is 103 Å². The van der Waals surface area contributed by atoms with Crippen LogP contribution in [0.1, 0.15) is 51.0 Å². The van der Waals surface area contributed by atoms with Crippen molar-refractivity contribution in [1.29, 1.82) is 0 Å². The lowest BCUT2D eigenvalue weighted by Gasteiger charge is -2.28. The molecule has 0 saturated heterocycles. The van der Waals surface area contributed by atoms with Crippen LogP contribution in [0.25, 0.3) is 0 Å². The van der Waals surface area contributed by atoms with E-state index < -0.39 is 5.60 Å². The standard InChI is InChI=1S/C13H23NOS/c1-4-11(12-8-7-9-16-12)14-10-13(15,5-2)6-3/h7-9,11,14-15H,4-6,10H2,1-3H3. The molecular formula is C13H23NOS. The SMILES string of the molecule is CCC(NCC(O)(CC)CC)c1cccs1. The van der Waals surface area contributed by atoms with Crippen molar-refractivity contribution in [3.63, 3.8) is 0 Å². The van der Waals surface area contributed by atoms with Gasteiger partial charge in [0.2, 0.25) is 0 Å². The predicted octanol–water partition coefficient (Wildman–Crippen LogP) is 3.34. The fourth-order valence-corrected chi connectivity index (χ4v) is 2.63. The minimum atomic E-state index is -0.551. The Balaban J connectivity index is 2.52. The Morgan fingerprint density at radius 3 is 2.50 bits per heavy atom. The number of aliphatic hydroxyl groups is 1. The van der Waals surface area contributed by atoms with Crippen molar-refractivity contribution in [2.45, 2.75) is 51.7 Å². The van der Waals surface area contributed by atoms with E-state index in [4.69, 9.17) is 0 Å². The smallest absolute Gasteiger partial charge is 0.0766 e. The molecule has 16 heavy (non-hydrogen) atoms. The molecule has 0 amide bonds. The molecule has 1 unspecified atom stereocenters. The summed E-state index contributed by atoms with van der Waals surface area (Å²) >= 11 is 1.78. The molecule has 0 saturated carbocycles. The quantitative estimate of drug-likeness (QED) is 0.767. The van der Waals surface area contributed by atoms with Gasteiger partial charge in [-0.3, -0.25) is 0 Å². The van der Waals surface area contributed by atoms with Gasteiger partial charge in [-0.2, -0.15) is 0 Å². The van der Waals surface area contributed by atoms with E-state index in [0.717, 1.165) is 19.3 Å². The third-order valence-corrected chi connectivity index (χ3v) is 4.27. The predicted molar refractivity (Wildman–Crippen MR) is 70.9 cm³/mol. The Morgan fingerprint density at radius 1 is 1.38 bits per heavy atom. The van der Waals surface area contributed by atoms with E-state index in [2.05, 4.69) is 29.8 Å². The summed E-state index contributed by atoms with van der Waals surface area (Å²) in [6.45, 7) is 6.93. The average Bonchev–Trinajstić information content (AvgIpc) is 2.83. The first-order valence-corrected chi connectivity index (χ1v) is 7.02. The van der Waals surface area contributed by atoms with Crippen molar-refractivity contribution >= 4 is 11.3 Å². The van der Waals surface area contributed by atoms with Gasteiger partial charge in [-0.1, -0.05) is 26.8 Å². The van der Waals surface area contributed by atoms with Gasteiger partial charge in [0.15, 0.2) is 0 Å². The highest BCUT2D eigenvalue weighted by Crippen LogP contribution is 2.23. The maximum Gasteiger partial charge on any atom is 0.0766 e. The van der Waals surface area contributed by atoms with E-state index in [1.165, 1.54) is 4.88 Å². The maximum atomic E-state index is 10.2. The van der Waals surface area contributed by atoms with Gasteiger partial charge in [-0.15, -0.1) is 11.3 Å². The highest BCUT2D eigenvalue weighted by Gasteiger charge is 2.23. The average molecular weight is 241 g/mol. The van der Waals surface area contributed by atoms with Gasteiger partial charge < -0.3 is 10.4 Å². The lowest BCUT2D eigenvalue weighted by atomic mass is 9.97. The van der Waals surface area contributed by atoms with Gasteiger partial charge >= 0.3 is 0 Å². The van der Waals surface area contributed by atoms with Crippen LogP contribution in [0.4, 0.5) is 0 Å². The van der Waals surface area contributed by atoms with Crippen LogP contribution in [0.2, 0.25) is 0 Å². The van der Waals surface area contributed by atoms with E-state index in [0.29, 0.717) is 12.6 Å². The molecule has 1 aromatic rings. The fourth-order valence-electron chi connectivity index (χ4n) is 1.75. The largest absolute Gasteiger partial charge is 0.389 e. The molecule has 0 fully saturated rings. The van der Waals surface area contributed by atoms with E-state index in [9.17, 15) is 5.11 Å². The molecule has 1 heterocycles. The summed E-state index contributed by atoms with van der Waals surface area (Å²) in [6.07, 6.45) is 2.67. The second-order valence-corrected chi connectivity index (χ2v) is 5.27. The van der Waals surface area contributed by atoms with E-state index in [-0.39, 0.29) is 0 Å². The first-order chi connectivity index (χ1) is 7.65. The minimum absolute atomic E-state index is 0.379. The zero-order valence-corrected chi connectivity index (χ0v) is 11.3. The van der Waals surface area contributed by atoms with Crippen LogP contribution in [0.15, 0.2) is 17.5 Å². The molecule has 0 bridgehead atoms. The number of hydrogen-bond donors (Lipinski definition) is 2. The molecule has 2 N–H and O–H groups in total. The Kier molecular flexibility index (Phi) is 5.46. The molecule has 0 aliphatic carbocycles. The highest BCUT2D eigenvalue weighted by atomic mass is 32.1. The van der Waals surface area contributed by atoms with Crippen LogP contribution in [-0.2, 0) is 0 Å². The first-order valence-electron chi connectivity index (χ1n) is 6.14. The van der Waals surface area contributed by atoms with Crippen LogP contribution < -0.4 is 5.32 Å². The molecule has 2 nitrogen and oxygen atoms in total.